The molecule has 1 atom stereocenters. The summed E-state index contributed by atoms with van der Waals surface area (Å²) < 4.78 is 0.678. The van der Waals surface area contributed by atoms with E-state index < -0.39 is 0 Å². The molecular weight excluding hydrogens is 270 g/mol. The van der Waals surface area contributed by atoms with Gasteiger partial charge in [-0.1, -0.05) is 13.8 Å². The van der Waals surface area contributed by atoms with E-state index in [0.717, 1.165) is 11.5 Å². The first-order chi connectivity index (χ1) is 7.58. The molecular formula is C11H14BrN3O. The summed E-state index contributed by atoms with van der Waals surface area (Å²) in [7, 11) is 0. The molecule has 0 fully saturated rings. The summed E-state index contributed by atoms with van der Waals surface area (Å²) in [5.74, 6) is 1.23. The SMILES string of the molecule is CC(C)CC(=O)C1CNc2ncc(Br)nc21. The highest BCUT2D eigenvalue weighted by Gasteiger charge is 2.31. The van der Waals surface area contributed by atoms with Gasteiger partial charge in [-0.15, -0.1) is 0 Å². The molecule has 0 bridgehead atoms. The summed E-state index contributed by atoms with van der Waals surface area (Å²) in [4.78, 5) is 20.5. The van der Waals surface area contributed by atoms with Gasteiger partial charge in [0.25, 0.3) is 0 Å². The van der Waals surface area contributed by atoms with E-state index in [-0.39, 0.29) is 11.7 Å². The molecule has 4 nitrogen and oxygen atoms in total. The van der Waals surface area contributed by atoms with Gasteiger partial charge >= 0.3 is 0 Å². The van der Waals surface area contributed by atoms with Crippen molar-refractivity contribution in [2.75, 3.05) is 11.9 Å². The molecule has 5 heteroatoms. The first-order valence-electron chi connectivity index (χ1n) is 5.37. The topological polar surface area (TPSA) is 54.9 Å². The third kappa shape index (κ3) is 2.24. The molecule has 2 rings (SSSR count). The molecule has 0 aliphatic carbocycles. The monoisotopic (exact) mass is 283 g/mol. The van der Waals surface area contributed by atoms with Gasteiger partial charge in [0.2, 0.25) is 0 Å². The van der Waals surface area contributed by atoms with Crippen molar-refractivity contribution in [3.05, 3.63) is 16.5 Å². The van der Waals surface area contributed by atoms with Crippen LogP contribution in [0.1, 0.15) is 31.9 Å². The molecule has 0 saturated heterocycles. The van der Waals surface area contributed by atoms with E-state index >= 15 is 0 Å². The maximum atomic E-state index is 12.0. The van der Waals surface area contributed by atoms with Gasteiger partial charge in [0, 0.05) is 13.0 Å². The van der Waals surface area contributed by atoms with Gasteiger partial charge in [-0.3, -0.25) is 4.79 Å². The molecule has 1 aromatic rings. The second kappa shape index (κ2) is 4.49. The number of carbonyl (C=O) groups excluding carboxylic acids is 1. The highest BCUT2D eigenvalue weighted by molar-refractivity contribution is 9.10. The van der Waals surface area contributed by atoms with E-state index in [9.17, 15) is 4.79 Å². The molecule has 0 saturated carbocycles. The zero-order valence-electron chi connectivity index (χ0n) is 9.33. The summed E-state index contributed by atoms with van der Waals surface area (Å²) in [5.41, 5.74) is 0.778. The van der Waals surface area contributed by atoms with E-state index in [1.807, 2.05) is 13.8 Å². The van der Waals surface area contributed by atoms with E-state index in [0.29, 0.717) is 23.5 Å². The van der Waals surface area contributed by atoms with Crippen LogP contribution < -0.4 is 5.32 Å². The van der Waals surface area contributed by atoms with Crippen LogP contribution in [0.25, 0.3) is 0 Å². The molecule has 1 N–H and O–H groups in total. The molecule has 0 radical (unpaired) electrons. The minimum atomic E-state index is -0.137. The molecule has 16 heavy (non-hydrogen) atoms. The summed E-state index contributed by atoms with van der Waals surface area (Å²) in [5, 5.41) is 3.12. The highest BCUT2D eigenvalue weighted by atomic mass is 79.9. The van der Waals surface area contributed by atoms with Crippen LogP contribution in [-0.2, 0) is 4.79 Å². The summed E-state index contributed by atoms with van der Waals surface area (Å²) >= 11 is 3.28. The van der Waals surface area contributed by atoms with E-state index in [4.69, 9.17) is 0 Å². The van der Waals surface area contributed by atoms with Crippen LogP contribution in [0.15, 0.2) is 10.8 Å². The van der Waals surface area contributed by atoms with Crippen LogP contribution in [0.2, 0.25) is 0 Å². The Balaban J connectivity index is 2.22. The third-order valence-corrected chi connectivity index (χ3v) is 2.95. The largest absolute Gasteiger partial charge is 0.367 e. The number of ketones is 1. The van der Waals surface area contributed by atoms with E-state index in [1.54, 1.807) is 6.20 Å². The van der Waals surface area contributed by atoms with Gasteiger partial charge in [-0.05, 0) is 21.8 Å². The number of Topliss-reactive ketones (excluding diaryl/α,β-unsaturated/α-hetero) is 1. The molecule has 0 spiro atoms. The number of fused-ring (bicyclic) bond motifs is 1. The second-order valence-electron chi connectivity index (χ2n) is 4.42. The van der Waals surface area contributed by atoms with Crippen molar-refractivity contribution >= 4 is 27.5 Å². The third-order valence-electron chi connectivity index (χ3n) is 2.57. The van der Waals surface area contributed by atoms with Crippen LogP contribution in [-0.4, -0.2) is 22.3 Å². The molecule has 1 aliphatic heterocycles. The molecule has 1 aliphatic rings. The predicted octanol–water partition coefficient (Wildman–Crippen LogP) is 2.36. The Labute approximate surface area is 103 Å². The van der Waals surface area contributed by atoms with Crippen molar-refractivity contribution in [3.63, 3.8) is 0 Å². The van der Waals surface area contributed by atoms with Crippen molar-refractivity contribution in [2.24, 2.45) is 5.92 Å². The van der Waals surface area contributed by atoms with Crippen LogP contribution in [0.5, 0.6) is 0 Å². The maximum absolute atomic E-state index is 12.0. The number of nitrogens with one attached hydrogen (secondary N) is 1. The number of hydrogen-bond acceptors (Lipinski definition) is 4. The average molecular weight is 284 g/mol. The lowest BCUT2D eigenvalue weighted by Crippen LogP contribution is -2.17. The number of aromatic nitrogens is 2. The zero-order valence-corrected chi connectivity index (χ0v) is 10.9. The Morgan fingerprint density at radius 1 is 1.69 bits per heavy atom. The van der Waals surface area contributed by atoms with E-state index in [2.05, 4.69) is 31.2 Å². The van der Waals surface area contributed by atoms with Crippen LogP contribution in [0.4, 0.5) is 5.82 Å². The Morgan fingerprint density at radius 3 is 3.12 bits per heavy atom. The lowest BCUT2D eigenvalue weighted by atomic mass is 9.95. The first kappa shape index (κ1) is 11.5. The second-order valence-corrected chi connectivity index (χ2v) is 5.24. The summed E-state index contributed by atoms with van der Waals surface area (Å²) in [6.07, 6.45) is 2.24. The van der Waals surface area contributed by atoms with Crippen molar-refractivity contribution in [1.82, 2.24) is 9.97 Å². The Hall–Kier alpha value is -0.970. The van der Waals surface area contributed by atoms with Gasteiger partial charge in [-0.2, -0.15) is 0 Å². The number of anilines is 1. The van der Waals surface area contributed by atoms with Crippen molar-refractivity contribution in [3.8, 4) is 0 Å². The average Bonchev–Trinajstić information content (AvgIpc) is 2.59. The summed E-state index contributed by atoms with van der Waals surface area (Å²) in [6.45, 7) is 4.72. The minimum absolute atomic E-state index is 0.137. The quantitative estimate of drug-likeness (QED) is 0.925. The molecule has 1 unspecified atom stereocenters. The molecule has 0 amide bonds. The fourth-order valence-electron chi connectivity index (χ4n) is 1.87. The van der Waals surface area contributed by atoms with Crippen molar-refractivity contribution < 1.29 is 4.79 Å². The van der Waals surface area contributed by atoms with Gasteiger partial charge in [0.15, 0.2) is 0 Å². The highest BCUT2D eigenvalue weighted by Crippen LogP contribution is 2.30. The summed E-state index contributed by atoms with van der Waals surface area (Å²) in [6, 6.07) is 0. The normalized spacial score (nSPS) is 18.4. The van der Waals surface area contributed by atoms with Crippen LogP contribution >= 0.6 is 15.9 Å². The number of carbonyl (C=O) groups is 1. The minimum Gasteiger partial charge on any atom is -0.367 e. The van der Waals surface area contributed by atoms with Gasteiger partial charge in [-0.25, -0.2) is 9.97 Å². The molecule has 86 valence electrons. The zero-order chi connectivity index (χ0) is 11.7. The number of halogens is 1. The van der Waals surface area contributed by atoms with E-state index in [1.165, 1.54) is 0 Å². The van der Waals surface area contributed by atoms with Crippen LogP contribution in [0.3, 0.4) is 0 Å². The molecule has 1 aromatic heterocycles. The maximum Gasteiger partial charge on any atom is 0.148 e. The fraction of sp³-hybridized carbons (Fsp3) is 0.545. The lowest BCUT2D eigenvalue weighted by molar-refractivity contribution is -0.120. The number of rotatable bonds is 3. The Morgan fingerprint density at radius 2 is 2.44 bits per heavy atom. The standard InChI is InChI=1S/C11H14BrN3O/c1-6(2)3-8(16)7-4-13-11-10(7)15-9(12)5-14-11/h5-7H,3-4H2,1-2H3,(H,13,14). The van der Waals surface area contributed by atoms with Crippen molar-refractivity contribution in [2.45, 2.75) is 26.2 Å². The number of nitrogens with zero attached hydrogens (tertiary/aromatic N) is 2. The van der Waals surface area contributed by atoms with Gasteiger partial charge in [0.1, 0.15) is 16.2 Å². The van der Waals surface area contributed by atoms with Crippen LogP contribution in [0, 0.1) is 5.92 Å². The lowest BCUT2D eigenvalue weighted by Gasteiger charge is -2.09. The molecule has 2 heterocycles. The Bertz CT molecular complexity index is 420. The van der Waals surface area contributed by atoms with Gasteiger partial charge in [0.05, 0.1) is 17.8 Å². The van der Waals surface area contributed by atoms with Crippen molar-refractivity contribution in [1.29, 1.82) is 0 Å². The number of hydrogen-bond donors (Lipinski definition) is 1. The Kier molecular flexibility index (Phi) is 3.23. The molecule has 0 aromatic carbocycles. The van der Waals surface area contributed by atoms with Gasteiger partial charge < -0.3 is 5.32 Å². The smallest absolute Gasteiger partial charge is 0.148 e. The fourth-order valence-corrected chi connectivity index (χ4v) is 2.16. The predicted molar refractivity (Wildman–Crippen MR) is 65.4 cm³/mol. The first-order valence-corrected chi connectivity index (χ1v) is 6.16.